The fourth-order valence-corrected chi connectivity index (χ4v) is 4.03. The van der Waals surface area contributed by atoms with Gasteiger partial charge in [-0.05, 0) is 50.9 Å². The summed E-state index contributed by atoms with van der Waals surface area (Å²) in [5.41, 5.74) is 1.28. The Morgan fingerprint density at radius 3 is 2.84 bits per heavy atom. The van der Waals surface area contributed by atoms with Gasteiger partial charge in [0.05, 0.1) is 6.61 Å². The van der Waals surface area contributed by atoms with Crippen LogP contribution in [-0.2, 0) is 9.53 Å². The standard InChI is InChI=1S/C20H24O3S2/c1-4-15(9-7-8-12-22-20(21)14(2)3)25-18-13-19(24)23-17-11-6-5-10-16(17)18/h5-6,10-11,13,15H,2,4,7-9,12H2,1,3H3. The summed E-state index contributed by atoms with van der Waals surface area (Å²) in [6.07, 6.45) is 4.03. The van der Waals surface area contributed by atoms with Gasteiger partial charge in [0.15, 0.2) is 4.71 Å². The third kappa shape index (κ3) is 6.01. The molecule has 0 aliphatic carbocycles. The van der Waals surface area contributed by atoms with Gasteiger partial charge in [-0.15, -0.1) is 11.8 Å². The average Bonchev–Trinajstić information content (AvgIpc) is 2.59. The Kier molecular flexibility index (Phi) is 7.72. The number of carbonyl (C=O) groups excluding carboxylic acids is 1. The SMILES string of the molecule is C=C(C)C(=O)OCCCCC(CC)Sc1cc(=S)oc2ccccc12. The largest absolute Gasteiger partial charge is 0.462 e. The summed E-state index contributed by atoms with van der Waals surface area (Å²) in [6, 6.07) is 9.94. The lowest BCUT2D eigenvalue weighted by atomic mass is 10.1. The van der Waals surface area contributed by atoms with Crippen molar-refractivity contribution in [1.29, 1.82) is 0 Å². The van der Waals surface area contributed by atoms with Gasteiger partial charge in [0.25, 0.3) is 0 Å². The van der Waals surface area contributed by atoms with Crippen molar-refractivity contribution in [3.8, 4) is 0 Å². The van der Waals surface area contributed by atoms with Crippen molar-refractivity contribution in [1.82, 2.24) is 0 Å². The zero-order valence-electron chi connectivity index (χ0n) is 14.7. The molecule has 0 saturated carbocycles. The number of thioether (sulfide) groups is 1. The van der Waals surface area contributed by atoms with Gasteiger partial charge in [-0.3, -0.25) is 0 Å². The monoisotopic (exact) mass is 376 g/mol. The number of hydrogen-bond acceptors (Lipinski definition) is 5. The Balaban J connectivity index is 1.91. The second-order valence-corrected chi connectivity index (χ2v) is 7.73. The normalized spacial score (nSPS) is 12.1. The lowest BCUT2D eigenvalue weighted by Crippen LogP contribution is -2.07. The molecule has 134 valence electrons. The molecule has 0 amide bonds. The van der Waals surface area contributed by atoms with E-state index in [1.165, 1.54) is 4.90 Å². The van der Waals surface area contributed by atoms with Gasteiger partial charge in [0.2, 0.25) is 0 Å². The van der Waals surface area contributed by atoms with Crippen LogP contribution in [0.4, 0.5) is 0 Å². The molecule has 1 aromatic heterocycles. The van der Waals surface area contributed by atoms with E-state index in [-0.39, 0.29) is 5.97 Å². The number of rotatable bonds is 9. The molecule has 0 saturated heterocycles. The number of unbranched alkanes of at least 4 members (excludes halogenated alkanes) is 1. The highest BCUT2D eigenvalue weighted by Gasteiger charge is 2.12. The molecule has 2 aromatic rings. The maximum absolute atomic E-state index is 11.3. The molecule has 25 heavy (non-hydrogen) atoms. The Hall–Kier alpha value is -1.59. The van der Waals surface area contributed by atoms with E-state index in [4.69, 9.17) is 21.4 Å². The first kappa shape index (κ1) is 19.7. The lowest BCUT2D eigenvalue weighted by Gasteiger charge is -2.15. The van der Waals surface area contributed by atoms with Crippen LogP contribution in [0, 0.1) is 4.71 Å². The Morgan fingerprint density at radius 1 is 1.36 bits per heavy atom. The van der Waals surface area contributed by atoms with E-state index in [2.05, 4.69) is 19.6 Å². The van der Waals surface area contributed by atoms with Crippen molar-refractivity contribution in [2.75, 3.05) is 6.61 Å². The number of fused-ring (bicyclic) bond motifs is 1. The summed E-state index contributed by atoms with van der Waals surface area (Å²) < 4.78 is 11.3. The molecule has 0 aliphatic rings. The maximum Gasteiger partial charge on any atom is 0.333 e. The van der Waals surface area contributed by atoms with Crippen molar-refractivity contribution in [3.63, 3.8) is 0 Å². The summed E-state index contributed by atoms with van der Waals surface area (Å²) in [5.74, 6) is -0.307. The van der Waals surface area contributed by atoms with Gasteiger partial charge in [0.1, 0.15) is 5.58 Å². The number of benzene rings is 1. The number of carbonyl (C=O) groups is 1. The van der Waals surface area contributed by atoms with E-state index >= 15 is 0 Å². The van der Waals surface area contributed by atoms with Crippen molar-refractivity contribution in [3.05, 3.63) is 47.2 Å². The number of hydrogen-bond donors (Lipinski definition) is 0. The highest BCUT2D eigenvalue weighted by atomic mass is 32.2. The fourth-order valence-electron chi connectivity index (χ4n) is 2.47. The van der Waals surface area contributed by atoms with E-state index < -0.39 is 0 Å². The third-order valence-corrected chi connectivity index (χ3v) is 5.56. The zero-order chi connectivity index (χ0) is 18.2. The summed E-state index contributed by atoms with van der Waals surface area (Å²) >= 11 is 7.10. The summed E-state index contributed by atoms with van der Waals surface area (Å²) in [7, 11) is 0. The molecule has 0 fully saturated rings. The number of esters is 1. The molecular formula is C20H24O3S2. The average molecular weight is 377 g/mol. The fraction of sp³-hybridized carbons (Fsp3) is 0.400. The molecule has 0 aliphatic heterocycles. The van der Waals surface area contributed by atoms with Crippen LogP contribution in [0.5, 0.6) is 0 Å². The van der Waals surface area contributed by atoms with Crippen LogP contribution in [0.25, 0.3) is 11.0 Å². The maximum atomic E-state index is 11.3. The minimum Gasteiger partial charge on any atom is -0.462 e. The van der Waals surface area contributed by atoms with Crippen LogP contribution in [0.15, 0.2) is 51.8 Å². The summed E-state index contributed by atoms with van der Waals surface area (Å²) in [6.45, 7) is 7.89. The topological polar surface area (TPSA) is 39.4 Å². The number of ether oxygens (including phenoxy) is 1. The Bertz CT molecular complexity index is 795. The predicted molar refractivity (Wildman–Crippen MR) is 107 cm³/mol. The van der Waals surface area contributed by atoms with Crippen molar-refractivity contribution in [2.45, 2.75) is 49.7 Å². The molecule has 1 heterocycles. The van der Waals surface area contributed by atoms with Gasteiger partial charge in [-0.25, -0.2) is 4.79 Å². The second-order valence-electron chi connectivity index (χ2n) is 5.99. The Labute approximate surface area is 158 Å². The molecule has 0 spiro atoms. The van der Waals surface area contributed by atoms with E-state index in [1.54, 1.807) is 6.92 Å². The smallest absolute Gasteiger partial charge is 0.333 e. The predicted octanol–water partition coefficient (Wildman–Crippen LogP) is 6.32. The van der Waals surface area contributed by atoms with E-state index in [0.29, 0.717) is 22.1 Å². The van der Waals surface area contributed by atoms with Crippen LogP contribution in [0.2, 0.25) is 0 Å². The van der Waals surface area contributed by atoms with E-state index in [9.17, 15) is 4.79 Å². The van der Waals surface area contributed by atoms with Crippen LogP contribution in [0.1, 0.15) is 39.5 Å². The highest BCUT2D eigenvalue weighted by Crippen LogP contribution is 2.34. The number of para-hydroxylation sites is 1. The van der Waals surface area contributed by atoms with Gasteiger partial charge >= 0.3 is 5.97 Å². The molecule has 0 N–H and O–H groups in total. The lowest BCUT2D eigenvalue weighted by molar-refractivity contribution is -0.139. The summed E-state index contributed by atoms with van der Waals surface area (Å²) in [5, 5.41) is 1.60. The molecule has 0 radical (unpaired) electrons. The van der Waals surface area contributed by atoms with Gasteiger partial charge < -0.3 is 9.15 Å². The van der Waals surface area contributed by atoms with Crippen molar-refractivity contribution >= 4 is 40.9 Å². The minimum absolute atomic E-state index is 0.307. The first-order valence-corrected chi connectivity index (χ1v) is 9.82. The molecule has 3 nitrogen and oxygen atoms in total. The minimum atomic E-state index is -0.307. The van der Waals surface area contributed by atoms with Crippen LogP contribution in [0.3, 0.4) is 0 Å². The Morgan fingerprint density at radius 2 is 2.12 bits per heavy atom. The van der Waals surface area contributed by atoms with E-state index in [0.717, 1.165) is 36.7 Å². The van der Waals surface area contributed by atoms with Crippen LogP contribution < -0.4 is 0 Å². The second kappa shape index (κ2) is 9.78. The molecular weight excluding hydrogens is 352 g/mol. The van der Waals surface area contributed by atoms with Gasteiger partial charge in [-0.2, -0.15) is 0 Å². The molecule has 1 aromatic carbocycles. The van der Waals surface area contributed by atoms with Crippen LogP contribution >= 0.6 is 24.0 Å². The molecule has 0 bridgehead atoms. The summed E-state index contributed by atoms with van der Waals surface area (Å²) in [4.78, 5) is 12.5. The first-order valence-electron chi connectivity index (χ1n) is 8.53. The van der Waals surface area contributed by atoms with Gasteiger partial charge in [-0.1, -0.05) is 31.7 Å². The molecule has 1 unspecified atom stereocenters. The third-order valence-electron chi connectivity index (χ3n) is 3.86. The zero-order valence-corrected chi connectivity index (χ0v) is 16.4. The molecule has 1 atom stereocenters. The molecule has 2 rings (SSSR count). The first-order chi connectivity index (χ1) is 12.0. The van der Waals surface area contributed by atoms with Gasteiger partial charge in [0, 0.05) is 27.2 Å². The van der Waals surface area contributed by atoms with Crippen molar-refractivity contribution in [2.24, 2.45) is 0 Å². The quantitative estimate of drug-likeness (QED) is 0.168. The van der Waals surface area contributed by atoms with E-state index in [1.807, 2.05) is 36.0 Å². The van der Waals surface area contributed by atoms with Crippen LogP contribution in [-0.4, -0.2) is 17.8 Å². The van der Waals surface area contributed by atoms with Crippen molar-refractivity contribution < 1.29 is 13.9 Å². The highest BCUT2D eigenvalue weighted by molar-refractivity contribution is 8.00. The molecule has 5 heteroatoms.